The smallest absolute Gasteiger partial charge is 0.323 e. The highest BCUT2D eigenvalue weighted by Crippen LogP contribution is 2.27. The van der Waals surface area contributed by atoms with Crippen molar-refractivity contribution in [3.8, 4) is 5.75 Å². The predicted molar refractivity (Wildman–Crippen MR) is 159 cm³/mol. The molecule has 3 N–H and O–H groups in total. The third-order valence-corrected chi connectivity index (χ3v) is 7.31. The zero-order chi connectivity index (χ0) is 31.3. The van der Waals surface area contributed by atoms with Crippen LogP contribution >= 0.6 is 0 Å². The molecule has 0 saturated carbocycles. The zero-order valence-electron chi connectivity index (χ0n) is 25.1. The Morgan fingerprint density at radius 2 is 1.77 bits per heavy atom. The van der Waals surface area contributed by atoms with Gasteiger partial charge in [0.25, 0.3) is 5.91 Å². The van der Waals surface area contributed by atoms with Gasteiger partial charge in [0.2, 0.25) is 0 Å². The second-order valence-electron chi connectivity index (χ2n) is 10.7. The fourth-order valence-corrected chi connectivity index (χ4v) is 4.84. The van der Waals surface area contributed by atoms with E-state index in [2.05, 4.69) is 21.1 Å². The average molecular weight is 597 g/mol. The van der Waals surface area contributed by atoms with E-state index in [4.69, 9.17) is 14.0 Å². The van der Waals surface area contributed by atoms with Crippen molar-refractivity contribution in [2.45, 2.75) is 39.8 Å². The third kappa shape index (κ3) is 7.60. The number of aryl methyl sites for hydroxylation is 2. The van der Waals surface area contributed by atoms with Crippen molar-refractivity contribution in [2.75, 3.05) is 49.8 Å². The number of carbonyl (C=O) groups excluding carboxylic acids is 3. The number of ether oxygens (including phenoxy) is 2. The van der Waals surface area contributed by atoms with E-state index >= 15 is 0 Å². The number of amides is 5. The number of aromatic nitrogens is 1. The maximum Gasteiger partial charge on any atom is 0.323 e. The van der Waals surface area contributed by atoms with Gasteiger partial charge in [-0.1, -0.05) is 18.1 Å². The molecule has 230 valence electrons. The van der Waals surface area contributed by atoms with Crippen molar-refractivity contribution in [3.05, 3.63) is 65.3 Å². The Morgan fingerprint density at radius 1 is 1.05 bits per heavy atom. The second kappa shape index (κ2) is 13.6. The van der Waals surface area contributed by atoms with Gasteiger partial charge in [0.15, 0.2) is 5.76 Å². The average Bonchev–Trinajstić information content (AvgIpc) is 3.28. The second-order valence-corrected chi connectivity index (χ2v) is 10.7. The maximum absolute atomic E-state index is 13.6. The molecule has 13 heteroatoms. The monoisotopic (exact) mass is 596 g/mol. The van der Waals surface area contributed by atoms with E-state index in [1.807, 2.05) is 13.8 Å². The summed E-state index contributed by atoms with van der Waals surface area (Å²) < 4.78 is 30.6. The van der Waals surface area contributed by atoms with Crippen LogP contribution in [0.5, 0.6) is 5.75 Å². The van der Waals surface area contributed by atoms with E-state index in [1.54, 1.807) is 51.1 Å². The van der Waals surface area contributed by atoms with Gasteiger partial charge in [0.05, 0.1) is 17.7 Å². The predicted octanol–water partition coefficient (Wildman–Crippen LogP) is 5.11. The van der Waals surface area contributed by atoms with Gasteiger partial charge in [0, 0.05) is 44.5 Å². The van der Waals surface area contributed by atoms with Gasteiger partial charge in [-0.2, -0.15) is 0 Å². The number of carbonyl (C=O) groups is 3. The first-order valence-corrected chi connectivity index (χ1v) is 13.9. The van der Waals surface area contributed by atoms with Gasteiger partial charge in [-0.15, -0.1) is 0 Å². The lowest BCUT2D eigenvalue weighted by Crippen LogP contribution is -2.50. The minimum absolute atomic E-state index is 0.0796. The highest BCUT2D eigenvalue weighted by Gasteiger charge is 2.31. The van der Waals surface area contributed by atoms with Crippen LogP contribution in [0.25, 0.3) is 0 Å². The number of methoxy groups -OCH3 is 1. The van der Waals surface area contributed by atoms with E-state index in [0.717, 1.165) is 0 Å². The van der Waals surface area contributed by atoms with Crippen LogP contribution in [0.3, 0.4) is 0 Å². The fourth-order valence-electron chi connectivity index (χ4n) is 4.84. The molecule has 0 bridgehead atoms. The van der Waals surface area contributed by atoms with Gasteiger partial charge in [-0.05, 0) is 57.2 Å². The molecule has 2 aromatic carbocycles. The summed E-state index contributed by atoms with van der Waals surface area (Å²) in [5.74, 6) is -0.194. The zero-order valence-corrected chi connectivity index (χ0v) is 25.1. The van der Waals surface area contributed by atoms with E-state index in [1.165, 1.54) is 29.2 Å². The molecule has 3 atom stereocenters. The summed E-state index contributed by atoms with van der Waals surface area (Å²) >= 11 is 0. The Labute approximate surface area is 249 Å². The van der Waals surface area contributed by atoms with Crippen LogP contribution < -0.4 is 20.7 Å². The molecule has 0 aliphatic carbocycles. The van der Waals surface area contributed by atoms with Crippen molar-refractivity contribution in [1.29, 1.82) is 0 Å². The quantitative estimate of drug-likeness (QED) is 0.380. The van der Waals surface area contributed by atoms with Crippen LogP contribution in [0.4, 0.5) is 31.0 Å². The number of nitrogens with one attached hydrogen (secondary N) is 3. The van der Waals surface area contributed by atoms with Crippen molar-refractivity contribution in [1.82, 2.24) is 15.0 Å². The number of urea groups is 2. The molecule has 43 heavy (non-hydrogen) atoms. The van der Waals surface area contributed by atoms with Crippen LogP contribution in [0.2, 0.25) is 0 Å². The Morgan fingerprint density at radius 3 is 2.42 bits per heavy atom. The van der Waals surface area contributed by atoms with Crippen LogP contribution in [0.15, 0.2) is 47.0 Å². The lowest BCUT2D eigenvalue weighted by Gasteiger charge is -2.36. The minimum Gasteiger partial charge on any atom is -0.491 e. The molecule has 1 aliphatic heterocycles. The summed E-state index contributed by atoms with van der Waals surface area (Å²) in [4.78, 5) is 42.9. The lowest BCUT2D eigenvalue weighted by atomic mass is 10.0. The first-order chi connectivity index (χ1) is 20.5. The summed E-state index contributed by atoms with van der Waals surface area (Å²) in [5, 5.41) is 12.1. The van der Waals surface area contributed by atoms with Crippen molar-refractivity contribution >= 4 is 35.0 Å². The highest BCUT2D eigenvalue weighted by atomic mass is 19.1. The molecule has 2 heterocycles. The highest BCUT2D eigenvalue weighted by molar-refractivity contribution is 6.02. The van der Waals surface area contributed by atoms with Crippen LogP contribution in [0.1, 0.15) is 35.7 Å². The summed E-state index contributed by atoms with van der Waals surface area (Å²) in [5.41, 5.74) is 1.90. The molecule has 0 saturated heterocycles. The van der Waals surface area contributed by atoms with Gasteiger partial charge < -0.3 is 39.7 Å². The van der Waals surface area contributed by atoms with E-state index in [0.29, 0.717) is 29.4 Å². The number of hydrogen-bond acceptors (Lipinski definition) is 7. The molecule has 0 spiro atoms. The summed E-state index contributed by atoms with van der Waals surface area (Å²) in [6.45, 7) is 7.92. The molecule has 0 unspecified atom stereocenters. The maximum atomic E-state index is 13.6. The number of rotatable bonds is 4. The number of fused-ring (bicyclic) bond motifs is 1. The van der Waals surface area contributed by atoms with Crippen molar-refractivity contribution < 1.29 is 32.8 Å². The fraction of sp³-hybridized carbons (Fsp3) is 0.400. The van der Waals surface area contributed by atoms with Gasteiger partial charge >= 0.3 is 12.1 Å². The third-order valence-electron chi connectivity index (χ3n) is 7.31. The summed E-state index contributed by atoms with van der Waals surface area (Å²) in [6, 6.07) is 8.83. The Hall–Kier alpha value is -4.65. The van der Waals surface area contributed by atoms with Crippen LogP contribution in [0, 0.1) is 25.6 Å². The van der Waals surface area contributed by atoms with Gasteiger partial charge in [-0.3, -0.25) is 4.79 Å². The number of anilines is 3. The standard InChI is InChI=1S/C30H37FN6O6/c1-17-14-37(30(40)34-27-19(3)35-43-20(27)4)18(2)16-42-25-11-10-23(13-24(25)28(38)36(5)15-26(17)41-6)33-29(39)32-22-9-7-8-21(31)12-22/h7-13,17-18,26H,14-16H2,1-6H3,(H,34,40)(H2,32,33,39)/t17-,18+,26-/m1/s1. The normalized spacial score (nSPS) is 19.4. The molecule has 5 amide bonds. The molecule has 0 radical (unpaired) electrons. The molecule has 1 aromatic heterocycles. The Balaban J connectivity index is 1.59. The van der Waals surface area contributed by atoms with Crippen molar-refractivity contribution in [3.63, 3.8) is 0 Å². The summed E-state index contributed by atoms with van der Waals surface area (Å²) in [6.07, 6.45) is -0.391. The van der Waals surface area contributed by atoms with Crippen LogP contribution in [-0.2, 0) is 4.74 Å². The van der Waals surface area contributed by atoms with Gasteiger partial charge in [0.1, 0.15) is 29.6 Å². The molecule has 3 aromatic rings. The van der Waals surface area contributed by atoms with Crippen molar-refractivity contribution in [2.24, 2.45) is 5.92 Å². The molecular formula is C30H37FN6O6. The lowest BCUT2D eigenvalue weighted by molar-refractivity contribution is 0.0174. The number of halogens is 1. The van der Waals surface area contributed by atoms with Crippen LogP contribution in [-0.4, -0.2) is 78.9 Å². The Bertz CT molecular complexity index is 1460. The molecule has 1 aliphatic rings. The van der Waals surface area contributed by atoms with Gasteiger partial charge in [-0.25, -0.2) is 14.0 Å². The number of hydrogen-bond donors (Lipinski definition) is 3. The molecular weight excluding hydrogens is 559 g/mol. The SMILES string of the molecule is CO[C@@H]1CN(C)C(=O)c2cc(NC(=O)Nc3cccc(F)c3)ccc2OC[C@H](C)N(C(=O)Nc2c(C)noc2C)C[C@H]1C. The first kappa shape index (κ1) is 31.3. The molecule has 0 fully saturated rings. The topological polar surface area (TPSA) is 138 Å². The van der Waals surface area contributed by atoms with E-state index in [9.17, 15) is 18.8 Å². The number of nitrogens with zero attached hydrogens (tertiary/aromatic N) is 3. The largest absolute Gasteiger partial charge is 0.491 e. The first-order valence-electron chi connectivity index (χ1n) is 13.9. The summed E-state index contributed by atoms with van der Waals surface area (Å²) in [7, 11) is 3.22. The Kier molecular flexibility index (Phi) is 9.86. The number of benzene rings is 2. The number of likely N-dealkylation sites (N-methyl/N-ethyl adjacent to an activating group) is 1. The molecule has 4 rings (SSSR count). The molecule has 12 nitrogen and oxygen atoms in total. The van der Waals surface area contributed by atoms with E-state index < -0.39 is 24.0 Å². The van der Waals surface area contributed by atoms with E-state index in [-0.39, 0.29) is 48.0 Å². The minimum atomic E-state index is -0.609.